The molecule has 83 heavy (non-hydrogen) atoms. The van der Waals surface area contributed by atoms with Gasteiger partial charge in [0.15, 0.2) is 0 Å². The Morgan fingerprint density at radius 2 is 1.00 bits per heavy atom. The molecule has 1 aliphatic heterocycles. The van der Waals surface area contributed by atoms with Crippen LogP contribution < -0.4 is 37.6 Å². The minimum atomic E-state index is -1.56. The zero-order valence-electron chi connectivity index (χ0n) is 46.8. The zero-order chi connectivity index (χ0) is 60.8. The van der Waals surface area contributed by atoms with Crippen LogP contribution in [0, 0.1) is 11.8 Å². The van der Waals surface area contributed by atoms with E-state index in [4.69, 9.17) is 10.8 Å². The Bertz CT molecular complexity index is 2480. The summed E-state index contributed by atoms with van der Waals surface area (Å²) < 4.78 is 0. The van der Waals surface area contributed by atoms with Crippen molar-refractivity contribution < 1.29 is 83.4 Å². The third kappa shape index (κ3) is 26.5. The molecule has 1 saturated carbocycles. The van der Waals surface area contributed by atoms with Gasteiger partial charge in [-0.3, -0.25) is 58.0 Å². The van der Waals surface area contributed by atoms with Crippen LogP contribution in [-0.4, -0.2) is 238 Å². The second-order valence-electron chi connectivity index (χ2n) is 21.2. The molecule has 28 heteroatoms. The quantitative estimate of drug-likeness (QED) is 0.0391. The second-order valence-corrected chi connectivity index (χ2v) is 21.2. The largest absolute Gasteiger partial charge is 0.481 e. The number of carboxylic acid groups (broad SMARTS) is 6. The Kier molecular flexibility index (Phi) is 29.6. The topological polar surface area (TPSA) is 420 Å². The van der Waals surface area contributed by atoms with Gasteiger partial charge in [0.2, 0.25) is 23.6 Å². The number of nitrogens with two attached hydrogens (primary N) is 1. The van der Waals surface area contributed by atoms with Crippen molar-refractivity contribution in [1.29, 1.82) is 0 Å². The fourth-order valence-electron chi connectivity index (χ4n) is 10.0. The highest BCUT2D eigenvalue weighted by atomic mass is 16.4. The lowest BCUT2D eigenvalue weighted by Crippen LogP contribution is -2.52. The van der Waals surface area contributed by atoms with Gasteiger partial charge in [-0.05, 0) is 99.4 Å². The molecule has 0 aromatic heterocycles. The third-order valence-corrected chi connectivity index (χ3v) is 14.7. The van der Waals surface area contributed by atoms with E-state index in [1.165, 1.54) is 0 Å². The number of carbonyl (C=O) groups excluding carboxylic acids is 5. The number of fused-ring (bicyclic) bond motifs is 1. The van der Waals surface area contributed by atoms with Crippen LogP contribution in [0.4, 0.5) is 4.79 Å². The SMILES string of the molecule is NCCCC[C@H](NC(=O)CN1CCN(CC(=O)O)CCN(CC(=O)O)CCN(CC(=O)O)CC1)C(=O)NCC1CCC(C(=O)N[C@@H](Cc2ccc3ccccc3c2)C(=O)NCCCC[C@H](NC(=O)N[C@@H](CCC(=O)O)C(=O)O)C(=O)O)CC1. The van der Waals surface area contributed by atoms with Crippen LogP contribution in [0.1, 0.15) is 82.6 Å². The van der Waals surface area contributed by atoms with E-state index in [-0.39, 0.29) is 129 Å². The van der Waals surface area contributed by atoms with Crippen molar-refractivity contribution in [2.24, 2.45) is 17.6 Å². The maximum atomic E-state index is 13.9. The van der Waals surface area contributed by atoms with Crippen LogP contribution in [0.25, 0.3) is 10.8 Å². The van der Waals surface area contributed by atoms with E-state index in [0.29, 0.717) is 51.5 Å². The molecule has 2 aromatic rings. The van der Waals surface area contributed by atoms with E-state index in [9.17, 15) is 78.3 Å². The first-order valence-electron chi connectivity index (χ1n) is 28.2. The number of hydrogen-bond acceptors (Lipinski definition) is 16. The fraction of sp³-hybridized carbons (Fsp3) is 0.618. The standard InChI is InChI=1S/C55H83N11O17/c56-19-5-3-9-41(59-45(67)32-63-21-23-64(33-47(70)71)25-27-66(35-49(74)75)28-26-65(24-22-63)34-48(72)73)51(77)58-31-36-11-15-39(16-12-36)50(76)60-44(30-37-13-14-38-7-1-2-8-40(38)29-37)52(78)57-20-6-4-10-42(53(79)80)61-55(83)62-43(54(81)82)17-18-46(68)69/h1-2,7-8,13-14,29,36,39,41-44H,3-6,9-12,15-28,30-35,56H2,(H,57,78)(H,58,77)(H,59,67)(H,60,76)(H,68,69)(H,70,71)(H,72,73)(H,74,75)(H,79,80)(H,81,82)(H2,61,62,83)/t36?,39?,41-,42-,43-,44-/m0/s1. The molecule has 2 aromatic carbocycles. The molecule has 0 bridgehead atoms. The molecule has 2 aliphatic rings. The average Bonchev–Trinajstić information content (AvgIpc) is 3.43. The van der Waals surface area contributed by atoms with E-state index < -0.39 is 102 Å². The first kappa shape index (κ1) is 68.0. The van der Waals surface area contributed by atoms with Gasteiger partial charge >= 0.3 is 41.8 Å². The molecular weight excluding hydrogens is 1090 g/mol. The molecule has 1 saturated heterocycles. The maximum absolute atomic E-state index is 13.9. The van der Waals surface area contributed by atoms with Crippen LogP contribution in [0.2, 0.25) is 0 Å². The number of unbranched alkanes of at least 4 members (excludes halogenated alkanes) is 2. The highest BCUT2D eigenvalue weighted by Crippen LogP contribution is 2.29. The van der Waals surface area contributed by atoms with Gasteiger partial charge in [0.1, 0.15) is 24.2 Å². The van der Waals surface area contributed by atoms with Crippen LogP contribution in [0.15, 0.2) is 42.5 Å². The Morgan fingerprint density at radius 3 is 1.52 bits per heavy atom. The number of urea groups is 1. The van der Waals surface area contributed by atoms with Gasteiger partial charge in [-0.25, -0.2) is 14.4 Å². The minimum Gasteiger partial charge on any atom is -0.481 e. The Hall–Kier alpha value is -7.53. The number of rotatable bonds is 33. The van der Waals surface area contributed by atoms with Crippen LogP contribution >= 0.6 is 0 Å². The average molecular weight is 1170 g/mol. The molecule has 28 nitrogen and oxygen atoms in total. The number of nitrogens with one attached hydrogen (secondary N) is 6. The van der Waals surface area contributed by atoms with E-state index >= 15 is 0 Å². The number of hydrogen-bond donors (Lipinski definition) is 13. The molecular formula is C55H83N11O17. The van der Waals surface area contributed by atoms with Gasteiger partial charge in [0.25, 0.3) is 0 Å². The Morgan fingerprint density at radius 1 is 0.506 bits per heavy atom. The molecule has 1 aliphatic carbocycles. The summed E-state index contributed by atoms with van der Waals surface area (Å²) in [6, 6.07) is 7.44. The van der Waals surface area contributed by atoms with Crippen molar-refractivity contribution >= 4 is 76.2 Å². The van der Waals surface area contributed by atoms with Gasteiger partial charge in [0.05, 0.1) is 26.2 Å². The van der Waals surface area contributed by atoms with Crippen molar-refractivity contribution in [2.75, 3.05) is 98.2 Å². The first-order valence-corrected chi connectivity index (χ1v) is 28.2. The smallest absolute Gasteiger partial charge is 0.326 e. The molecule has 1 heterocycles. The lowest BCUT2D eigenvalue weighted by Gasteiger charge is -2.33. The van der Waals surface area contributed by atoms with E-state index in [2.05, 4.69) is 31.9 Å². The molecule has 2 fully saturated rings. The van der Waals surface area contributed by atoms with Crippen molar-refractivity contribution in [3.63, 3.8) is 0 Å². The molecule has 4 rings (SSSR count). The molecule has 6 amide bonds. The predicted molar refractivity (Wildman–Crippen MR) is 300 cm³/mol. The number of benzene rings is 2. The van der Waals surface area contributed by atoms with Crippen molar-refractivity contribution in [3.8, 4) is 0 Å². The minimum absolute atomic E-state index is 0.00286. The van der Waals surface area contributed by atoms with Crippen molar-refractivity contribution in [2.45, 2.75) is 108 Å². The molecule has 460 valence electrons. The monoisotopic (exact) mass is 1170 g/mol. The highest BCUT2D eigenvalue weighted by Gasteiger charge is 2.32. The van der Waals surface area contributed by atoms with Crippen LogP contribution in [0.3, 0.4) is 0 Å². The normalized spacial score (nSPS) is 18.3. The second kappa shape index (κ2) is 36.1. The summed E-state index contributed by atoms with van der Waals surface area (Å²) in [5.41, 5.74) is 6.56. The molecule has 4 atom stereocenters. The predicted octanol–water partition coefficient (Wildman–Crippen LogP) is -0.764. The van der Waals surface area contributed by atoms with Crippen LogP contribution in [-0.2, 0) is 54.4 Å². The summed E-state index contributed by atoms with van der Waals surface area (Å²) in [5.74, 6) is -9.49. The van der Waals surface area contributed by atoms with E-state index in [0.717, 1.165) is 16.3 Å². The summed E-state index contributed by atoms with van der Waals surface area (Å²) in [4.78, 5) is 144. The fourth-order valence-corrected chi connectivity index (χ4v) is 10.0. The Labute approximate surface area is 481 Å². The van der Waals surface area contributed by atoms with Gasteiger partial charge in [-0.1, -0.05) is 42.5 Å². The molecule has 14 N–H and O–H groups in total. The van der Waals surface area contributed by atoms with Gasteiger partial charge in [-0.15, -0.1) is 0 Å². The summed E-state index contributed by atoms with van der Waals surface area (Å²) in [6.07, 6.45) is 3.12. The number of aliphatic carboxylic acids is 6. The summed E-state index contributed by atoms with van der Waals surface area (Å²) in [7, 11) is 0. The highest BCUT2D eigenvalue weighted by molar-refractivity contribution is 5.90. The third-order valence-electron chi connectivity index (χ3n) is 14.7. The number of carbonyl (C=O) groups is 11. The molecule has 0 unspecified atom stereocenters. The van der Waals surface area contributed by atoms with Crippen molar-refractivity contribution in [3.05, 3.63) is 48.0 Å². The van der Waals surface area contributed by atoms with Crippen molar-refractivity contribution in [1.82, 2.24) is 51.5 Å². The summed E-state index contributed by atoms with van der Waals surface area (Å²) in [5, 5.41) is 74.5. The van der Waals surface area contributed by atoms with E-state index in [1.807, 2.05) is 42.5 Å². The zero-order valence-corrected chi connectivity index (χ0v) is 46.8. The number of amides is 6. The van der Waals surface area contributed by atoms with Crippen LogP contribution in [0.5, 0.6) is 0 Å². The molecule has 0 radical (unpaired) electrons. The maximum Gasteiger partial charge on any atom is 0.326 e. The lowest BCUT2D eigenvalue weighted by atomic mass is 9.81. The molecule has 0 spiro atoms. The Balaban J connectivity index is 1.33. The number of nitrogens with zero attached hydrogens (tertiary/aromatic N) is 4. The summed E-state index contributed by atoms with van der Waals surface area (Å²) in [6.45, 7) is 1.32. The summed E-state index contributed by atoms with van der Waals surface area (Å²) >= 11 is 0. The lowest BCUT2D eigenvalue weighted by molar-refractivity contribution is -0.141. The number of carboxylic acids is 6. The van der Waals surface area contributed by atoms with Gasteiger partial charge in [-0.2, -0.15) is 0 Å². The van der Waals surface area contributed by atoms with E-state index in [1.54, 1.807) is 19.6 Å². The van der Waals surface area contributed by atoms with Gasteiger partial charge in [0, 0.05) is 84.2 Å². The van der Waals surface area contributed by atoms with Gasteiger partial charge < -0.3 is 68.3 Å². The first-order chi connectivity index (χ1) is 39.6.